The van der Waals surface area contributed by atoms with Gasteiger partial charge in [0.1, 0.15) is 5.82 Å². The van der Waals surface area contributed by atoms with Crippen molar-refractivity contribution in [2.24, 2.45) is 0 Å². The topological polar surface area (TPSA) is 37.8 Å². The largest absolute Gasteiger partial charge is 0.365 e. The number of rotatable bonds is 4. The summed E-state index contributed by atoms with van der Waals surface area (Å²) < 4.78 is 0. The molecule has 3 nitrogen and oxygen atoms in total. The molecule has 0 amide bonds. The van der Waals surface area contributed by atoms with Crippen molar-refractivity contribution >= 4 is 5.82 Å². The smallest absolute Gasteiger partial charge is 0.147 e. The average Bonchev–Trinajstić information content (AvgIpc) is 2.20. The second-order valence-corrected chi connectivity index (χ2v) is 3.15. The van der Waals surface area contributed by atoms with E-state index in [1.807, 2.05) is 6.92 Å². The summed E-state index contributed by atoms with van der Waals surface area (Å²) in [6.45, 7) is 4.03. The molecular formula is C11H15N3. The molecule has 1 rings (SSSR count). The molecule has 0 aromatic carbocycles. The molecule has 0 aliphatic carbocycles. The second kappa shape index (κ2) is 5.23. The van der Waals surface area contributed by atoms with Gasteiger partial charge in [0, 0.05) is 24.9 Å². The lowest BCUT2D eigenvalue weighted by molar-refractivity contribution is 0.709. The van der Waals surface area contributed by atoms with Gasteiger partial charge in [-0.1, -0.05) is 6.92 Å². The number of hydrogen-bond donors (Lipinski definition) is 1. The molecule has 0 saturated heterocycles. The number of nitrogens with zero attached hydrogens (tertiary/aromatic N) is 2. The number of aryl methyl sites for hydroxylation is 1. The zero-order valence-corrected chi connectivity index (χ0v) is 8.62. The van der Waals surface area contributed by atoms with Gasteiger partial charge in [0.15, 0.2) is 0 Å². The summed E-state index contributed by atoms with van der Waals surface area (Å²) >= 11 is 0. The Kier molecular flexibility index (Phi) is 3.93. The van der Waals surface area contributed by atoms with Crippen LogP contribution in [0.4, 0.5) is 5.82 Å². The molecule has 14 heavy (non-hydrogen) atoms. The Balaban J connectivity index is 2.68. The molecule has 1 heterocycles. The summed E-state index contributed by atoms with van der Waals surface area (Å²) in [6.07, 6.45) is 10.3. The van der Waals surface area contributed by atoms with E-state index in [2.05, 4.69) is 28.1 Å². The highest BCUT2D eigenvalue weighted by atomic mass is 15.0. The molecule has 0 aliphatic rings. The van der Waals surface area contributed by atoms with Crippen LogP contribution in [0.1, 0.15) is 25.5 Å². The molecule has 3 heteroatoms. The lowest BCUT2D eigenvalue weighted by Gasteiger charge is -2.15. The second-order valence-electron chi connectivity index (χ2n) is 3.15. The first-order chi connectivity index (χ1) is 6.77. The van der Waals surface area contributed by atoms with E-state index in [-0.39, 0.29) is 6.04 Å². The number of terminal acetylenes is 1. The number of aromatic nitrogens is 2. The monoisotopic (exact) mass is 189 g/mol. The zero-order chi connectivity index (χ0) is 10.4. The van der Waals surface area contributed by atoms with Gasteiger partial charge < -0.3 is 5.32 Å². The molecule has 1 aromatic heterocycles. The molecule has 1 unspecified atom stereocenters. The third-order valence-corrected chi connectivity index (χ3v) is 2.08. The van der Waals surface area contributed by atoms with Gasteiger partial charge in [-0.15, -0.1) is 12.3 Å². The van der Waals surface area contributed by atoms with Crippen LogP contribution in [0, 0.1) is 19.3 Å². The lowest BCUT2D eigenvalue weighted by Crippen LogP contribution is -2.19. The normalized spacial score (nSPS) is 11.8. The summed E-state index contributed by atoms with van der Waals surface area (Å²) in [5.74, 6) is 3.48. The van der Waals surface area contributed by atoms with E-state index in [4.69, 9.17) is 6.42 Å². The molecule has 0 aliphatic heterocycles. The maximum atomic E-state index is 5.27. The van der Waals surface area contributed by atoms with Gasteiger partial charge in [-0.3, -0.25) is 4.98 Å². The SMILES string of the molecule is C#CCC(CC)Nc1nccnc1C. The van der Waals surface area contributed by atoms with Gasteiger partial charge in [0.05, 0.1) is 5.69 Å². The third-order valence-electron chi connectivity index (χ3n) is 2.08. The van der Waals surface area contributed by atoms with Gasteiger partial charge in [-0.05, 0) is 13.3 Å². The van der Waals surface area contributed by atoms with Crippen LogP contribution in [-0.2, 0) is 0 Å². The zero-order valence-electron chi connectivity index (χ0n) is 8.62. The van der Waals surface area contributed by atoms with Gasteiger partial charge in [-0.2, -0.15) is 0 Å². The highest BCUT2D eigenvalue weighted by Crippen LogP contribution is 2.10. The van der Waals surface area contributed by atoms with Crippen molar-refractivity contribution in [3.05, 3.63) is 18.1 Å². The van der Waals surface area contributed by atoms with Crippen molar-refractivity contribution in [3.8, 4) is 12.3 Å². The molecule has 0 radical (unpaired) electrons. The first kappa shape index (κ1) is 10.5. The van der Waals surface area contributed by atoms with Gasteiger partial charge in [0.2, 0.25) is 0 Å². The molecular weight excluding hydrogens is 174 g/mol. The van der Waals surface area contributed by atoms with Crippen molar-refractivity contribution in [3.63, 3.8) is 0 Å². The van der Waals surface area contributed by atoms with Crippen LogP contribution in [0.3, 0.4) is 0 Å². The van der Waals surface area contributed by atoms with E-state index >= 15 is 0 Å². The molecule has 0 spiro atoms. The van der Waals surface area contributed by atoms with Crippen LogP contribution >= 0.6 is 0 Å². The van der Waals surface area contributed by atoms with Gasteiger partial charge in [-0.25, -0.2) is 4.98 Å². The summed E-state index contributed by atoms with van der Waals surface area (Å²) in [5.41, 5.74) is 0.906. The predicted octanol–water partition coefficient (Wildman–Crippen LogP) is 2.00. The minimum atomic E-state index is 0.287. The van der Waals surface area contributed by atoms with Crippen molar-refractivity contribution in [1.29, 1.82) is 0 Å². The van der Waals surface area contributed by atoms with Crippen molar-refractivity contribution in [1.82, 2.24) is 9.97 Å². The third kappa shape index (κ3) is 2.74. The molecule has 1 atom stereocenters. The Morgan fingerprint density at radius 1 is 1.50 bits per heavy atom. The Labute approximate surface area is 85.0 Å². The quantitative estimate of drug-likeness (QED) is 0.736. The number of hydrogen-bond acceptors (Lipinski definition) is 3. The number of anilines is 1. The molecule has 0 fully saturated rings. The Morgan fingerprint density at radius 2 is 2.21 bits per heavy atom. The average molecular weight is 189 g/mol. The highest BCUT2D eigenvalue weighted by molar-refractivity contribution is 5.39. The standard InChI is InChI=1S/C11H15N3/c1-4-6-10(5-2)14-11-9(3)12-7-8-13-11/h1,7-8,10H,5-6H2,2-3H3,(H,13,14). The number of nitrogens with one attached hydrogen (secondary N) is 1. The molecule has 0 saturated carbocycles. The van der Waals surface area contributed by atoms with E-state index in [0.717, 1.165) is 17.9 Å². The van der Waals surface area contributed by atoms with Crippen LogP contribution in [0.5, 0.6) is 0 Å². The Morgan fingerprint density at radius 3 is 2.79 bits per heavy atom. The highest BCUT2D eigenvalue weighted by Gasteiger charge is 2.06. The van der Waals surface area contributed by atoms with Gasteiger partial charge >= 0.3 is 0 Å². The minimum Gasteiger partial charge on any atom is -0.365 e. The first-order valence-corrected chi connectivity index (χ1v) is 4.75. The van der Waals surface area contributed by atoms with Crippen LogP contribution in [0.2, 0.25) is 0 Å². The molecule has 74 valence electrons. The molecule has 1 aromatic rings. The fourth-order valence-corrected chi connectivity index (χ4v) is 1.18. The minimum absolute atomic E-state index is 0.287. The predicted molar refractivity (Wildman–Crippen MR) is 57.9 cm³/mol. The van der Waals surface area contributed by atoms with Crippen molar-refractivity contribution in [2.75, 3.05) is 5.32 Å². The summed E-state index contributed by atoms with van der Waals surface area (Å²) in [5, 5.41) is 3.28. The summed E-state index contributed by atoms with van der Waals surface area (Å²) in [7, 11) is 0. The maximum absolute atomic E-state index is 5.27. The summed E-state index contributed by atoms with van der Waals surface area (Å²) in [6, 6.07) is 0.287. The van der Waals surface area contributed by atoms with E-state index in [9.17, 15) is 0 Å². The van der Waals surface area contributed by atoms with E-state index in [1.54, 1.807) is 12.4 Å². The Bertz CT molecular complexity index is 328. The van der Waals surface area contributed by atoms with Crippen LogP contribution in [0.25, 0.3) is 0 Å². The Hall–Kier alpha value is -1.56. The first-order valence-electron chi connectivity index (χ1n) is 4.75. The summed E-state index contributed by atoms with van der Waals surface area (Å²) in [4.78, 5) is 8.36. The molecule has 0 bridgehead atoms. The van der Waals surface area contributed by atoms with Crippen LogP contribution < -0.4 is 5.32 Å². The van der Waals surface area contributed by atoms with E-state index in [0.29, 0.717) is 6.42 Å². The fraction of sp³-hybridized carbons (Fsp3) is 0.455. The van der Waals surface area contributed by atoms with Gasteiger partial charge in [0.25, 0.3) is 0 Å². The van der Waals surface area contributed by atoms with E-state index < -0.39 is 0 Å². The molecule has 1 N–H and O–H groups in total. The fourth-order valence-electron chi connectivity index (χ4n) is 1.18. The van der Waals surface area contributed by atoms with Crippen molar-refractivity contribution in [2.45, 2.75) is 32.7 Å². The lowest BCUT2D eigenvalue weighted by atomic mass is 10.1. The van der Waals surface area contributed by atoms with Crippen LogP contribution in [-0.4, -0.2) is 16.0 Å². The van der Waals surface area contributed by atoms with Crippen LogP contribution in [0.15, 0.2) is 12.4 Å². The van der Waals surface area contributed by atoms with E-state index in [1.165, 1.54) is 0 Å². The van der Waals surface area contributed by atoms with Crippen molar-refractivity contribution < 1.29 is 0 Å². The maximum Gasteiger partial charge on any atom is 0.147 e.